The summed E-state index contributed by atoms with van der Waals surface area (Å²) in [6, 6.07) is 19.2. The molecule has 0 saturated heterocycles. The van der Waals surface area contributed by atoms with Gasteiger partial charge < -0.3 is 25.3 Å². The lowest BCUT2D eigenvalue weighted by molar-refractivity contribution is 0.0696. The third kappa shape index (κ3) is 5.53. The van der Waals surface area contributed by atoms with Gasteiger partial charge in [0.05, 0.1) is 29.9 Å². The van der Waals surface area contributed by atoms with Gasteiger partial charge in [0.1, 0.15) is 5.75 Å². The zero-order valence-electron chi connectivity index (χ0n) is 19.6. The van der Waals surface area contributed by atoms with Crippen molar-refractivity contribution in [3.63, 3.8) is 0 Å². The first kappa shape index (κ1) is 24.0. The maximum Gasteiger partial charge on any atom is 0.335 e. The first-order chi connectivity index (χ1) is 16.9. The summed E-state index contributed by atoms with van der Waals surface area (Å²) in [6.07, 6.45) is 2.22. The van der Waals surface area contributed by atoms with Crippen molar-refractivity contribution in [1.82, 2.24) is 10.3 Å². The Morgan fingerprint density at radius 3 is 2.40 bits per heavy atom. The largest absolute Gasteiger partial charge is 0.490 e. The van der Waals surface area contributed by atoms with Gasteiger partial charge in [-0.25, -0.2) is 4.79 Å². The van der Waals surface area contributed by atoms with E-state index in [-0.39, 0.29) is 24.2 Å². The van der Waals surface area contributed by atoms with E-state index in [4.69, 9.17) is 9.84 Å². The lowest BCUT2D eigenvalue weighted by atomic mass is 10.00. The summed E-state index contributed by atoms with van der Waals surface area (Å²) in [6.45, 7) is 3.55. The highest BCUT2D eigenvalue weighted by atomic mass is 16.5. The van der Waals surface area contributed by atoms with Crippen molar-refractivity contribution in [2.75, 3.05) is 6.61 Å². The number of fused-ring (bicyclic) bond motifs is 1. The fourth-order valence-corrected chi connectivity index (χ4v) is 4.04. The van der Waals surface area contributed by atoms with Crippen molar-refractivity contribution in [1.29, 1.82) is 0 Å². The topological polar surface area (TPSA) is 112 Å². The standard InChI is InChI=1S/C28H28N2O5/c1-17(2)35-26-12-11-20(18-7-9-19(10-8-18)28(33)34)14-24(26)27(32)30-22(16-31)13-21-15-29-25-6-4-3-5-23(21)25/h3-12,14-15,17,22,29,31H,13,16H2,1-2H3,(H,30,32)(H,33,34)/t22-/m1/s1. The highest BCUT2D eigenvalue weighted by Gasteiger charge is 2.20. The highest BCUT2D eigenvalue weighted by molar-refractivity contribution is 5.98. The second-order valence-electron chi connectivity index (χ2n) is 8.68. The smallest absolute Gasteiger partial charge is 0.335 e. The molecule has 4 aromatic rings. The second kappa shape index (κ2) is 10.4. The Kier molecular flexibility index (Phi) is 7.17. The molecule has 0 spiro atoms. The molecule has 0 fully saturated rings. The van der Waals surface area contributed by atoms with Crippen LogP contribution < -0.4 is 10.1 Å². The molecule has 0 bridgehead atoms. The molecule has 0 aliphatic rings. The summed E-state index contributed by atoms with van der Waals surface area (Å²) in [5.41, 5.74) is 4.06. The van der Waals surface area contributed by atoms with Crippen molar-refractivity contribution >= 4 is 22.8 Å². The summed E-state index contributed by atoms with van der Waals surface area (Å²) in [5, 5.41) is 23.1. The molecular formula is C28H28N2O5. The number of carboxylic acids is 1. The zero-order valence-corrected chi connectivity index (χ0v) is 19.6. The van der Waals surface area contributed by atoms with Crippen LogP contribution in [0.3, 0.4) is 0 Å². The minimum Gasteiger partial charge on any atom is -0.490 e. The molecule has 3 aromatic carbocycles. The lowest BCUT2D eigenvalue weighted by Gasteiger charge is -2.19. The molecule has 1 amide bonds. The summed E-state index contributed by atoms with van der Waals surface area (Å²) >= 11 is 0. The van der Waals surface area contributed by atoms with E-state index in [0.717, 1.165) is 27.6 Å². The number of aromatic nitrogens is 1. The van der Waals surface area contributed by atoms with Gasteiger partial charge in [0.15, 0.2) is 0 Å². The monoisotopic (exact) mass is 472 g/mol. The number of nitrogens with one attached hydrogen (secondary N) is 2. The van der Waals surface area contributed by atoms with Crippen LogP contribution in [-0.4, -0.2) is 45.8 Å². The number of carbonyl (C=O) groups excluding carboxylic acids is 1. The number of carboxylic acid groups (broad SMARTS) is 1. The number of aromatic carboxylic acids is 1. The second-order valence-corrected chi connectivity index (χ2v) is 8.68. The Morgan fingerprint density at radius 1 is 1.00 bits per heavy atom. The molecule has 1 aromatic heterocycles. The molecule has 4 N–H and O–H groups in total. The predicted molar refractivity (Wildman–Crippen MR) is 135 cm³/mol. The summed E-state index contributed by atoms with van der Waals surface area (Å²) in [7, 11) is 0. The van der Waals surface area contributed by atoms with Crippen LogP contribution in [0.5, 0.6) is 5.75 Å². The van der Waals surface area contributed by atoms with E-state index in [1.54, 1.807) is 24.3 Å². The quantitative estimate of drug-likeness (QED) is 0.283. The van der Waals surface area contributed by atoms with Gasteiger partial charge in [0.2, 0.25) is 0 Å². The SMILES string of the molecule is CC(C)Oc1ccc(-c2ccc(C(=O)O)cc2)cc1C(=O)N[C@@H](CO)Cc1c[nH]c2ccccc12. The van der Waals surface area contributed by atoms with E-state index in [9.17, 15) is 14.7 Å². The van der Waals surface area contributed by atoms with E-state index in [2.05, 4.69) is 10.3 Å². The molecule has 0 aliphatic carbocycles. The van der Waals surface area contributed by atoms with Gasteiger partial charge in [-0.2, -0.15) is 0 Å². The molecule has 0 radical (unpaired) electrons. The first-order valence-corrected chi connectivity index (χ1v) is 11.5. The molecule has 180 valence electrons. The van der Waals surface area contributed by atoms with Crippen molar-refractivity contribution < 1.29 is 24.5 Å². The molecule has 1 heterocycles. The molecule has 0 aliphatic heterocycles. The average molecular weight is 473 g/mol. The maximum atomic E-state index is 13.3. The van der Waals surface area contributed by atoms with Crippen molar-refractivity contribution in [2.24, 2.45) is 0 Å². The number of aliphatic hydroxyl groups is 1. The molecule has 0 unspecified atom stereocenters. The number of H-pyrrole nitrogens is 1. The molecule has 7 nitrogen and oxygen atoms in total. The molecule has 4 rings (SSSR count). The van der Waals surface area contributed by atoms with Crippen LogP contribution in [-0.2, 0) is 6.42 Å². The van der Waals surface area contributed by atoms with E-state index in [1.165, 1.54) is 12.1 Å². The van der Waals surface area contributed by atoms with Gasteiger partial charge in [-0.1, -0.05) is 36.4 Å². The Labute approximate surface area is 203 Å². The van der Waals surface area contributed by atoms with Crippen molar-refractivity contribution in [2.45, 2.75) is 32.4 Å². The number of benzene rings is 3. The number of hydrogen-bond acceptors (Lipinski definition) is 4. The molecule has 35 heavy (non-hydrogen) atoms. The fraction of sp³-hybridized carbons (Fsp3) is 0.214. The number of ether oxygens (including phenoxy) is 1. The molecule has 7 heteroatoms. The van der Waals surface area contributed by atoms with Crippen LogP contribution in [0.1, 0.15) is 40.1 Å². The summed E-state index contributed by atoms with van der Waals surface area (Å²) in [4.78, 5) is 27.7. The number of rotatable bonds is 9. The molecule has 1 atom stereocenters. The Hall–Kier alpha value is -4.10. The molecule has 0 saturated carbocycles. The van der Waals surface area contributed by atoms with Crippen molar-refractivity contribution in [3.05, 3.63) is 89.6 Å². The van der Waals surface area contributed by atoms with Crippen molar-refractivity contribution in [3.8, 4) is 16.9 Å². The normalized spacial score (nSPS) is 12.0. The van der Waals surface area contributed by atoms with E-state index in [1.807, 2.05) is 50.4 Å². The van der Waals surface area contributed by atoms with Gasteiger partial charge in [0.25, 0.3) is 5.91 Å². The lowest BCUT2D eigenvalue weighted by Crippen LogP contribution is -2.39. The van der Waals surface area contributed by atoms with Crippen LogP contribution in [0.15, 0.2) is 72.9 Å². The Bertz CT molecular complexity index is 1340. The van der Waals surface area contributed by atoms with E-state index >= 15 is 0 Å². The van der Waals surface area contributed by atoms with Gasteiger partial charge in [0, 0.05) is 17.1 Å². The average Bonchev–Trinajstić information content (AvgIpc) is 3.26. The highest BCUT2D eigenvalue weighted by Crippen LogP contribution is 2.28. The van der Waals surface area contributed by atoms with E-state index < -0.39 is 12.0 Å². The zero-order chi connectivity index (χ0) is 24.9. The number of aliphatic hydroxyl groups excluding tert-OH is 1. The first-order valence-electron chi connectivity index (χ1n) is 11.5. The third-order valence-electron chi connectivity index (χ3n) is 5.75. The van der Waals surface area contributed by atoms with Crippen LogP contribution in [0.25, 0.3) is 22.0 Å². The van der Waals surface area contributed by atoms with Crippen LogP contribution in [0.2, 0.25) is 0 Å². The maximum absolute atomic E-state index is 13.3. The van der Waals surface area contributed by atoms with Crippen LogP contribution in [0, 0.1) is 0 Å². The summed E-state index contributed by atoms with van der Waals surface area (Å²) < 4.78 is 5.88. The Morgan fingerprint density at radius 2 is 1.71 bits per heavy atom. The van der Waals surface area contributed by atoms with Crippen LogP contribution in [0.4, 0.5) is 0 Å². The minimum absolute atomic E-state index is 0.137. The number of amides is 1. The predicted octanol–water partition coefficient (Wildman–Crippen LogP) is 4.65. The van der Waals surface area contributed by atoms with Gasteiger partial charge >= 0.3 is 5.97 Å². The number of carbonyl (C=O) groups is 2. The summed E-state index contributed by atoms with van der Waals surface area (Å²) in [5.74, 6) is -0.918. The minimum atomic E-state index is -0.998. The third-order valence-corrected chi connectivity index (χ3v) is 5.75. The number of para-hydroxylation sites is 1. The van der Waals surface area contributed by atoms with Gasteiger partial charge in [-0.3, -0.25) is 4.79 Å². The molecular weight excluding hydrogens is 444 g/mol. The van der Waals surface area contributed by atoms with Gasteiger partial charge in [-0.05, 0) is 67.3 Å². The Balaban J connectivity index is 1.60. The number of aromatic amines is 1. The number of hydrogen-bond donors (Lipinski definition) is 4. The fourth-order valence-electron chi connectivity index (χ4n) is 4.04. The van der Waals surface area contributed by atoms with Crippen LogP contribution >= 0.6 is 0 Å². The van der Waals surface area contributed by atoms with Gasteiger partial charge in [-0.15, -0.1) is 0 Å². The van der Waals surface area contributed by atoms with E-state index in [0.29, 0.717) is 17.7 Å².